The molecule has 0 bridgehead atoms. The van der Waals surface area contributed by atoms with Crippen molar-refractivity contribution in [2.24, 2.45) is 0 Å². The molecule has 0 N–H and O–H groups in total. The molecule has 1 heterocycles. The van der Waals surface area contributed by atoms with Crippen LogP contribution < -0.4 is 14.9 Å². The van der Waals surface area contributed by atoms with Gasteiger partial charge in [-0.05, 0) is 47.4 Å². The fourth-order valence-corrected chi connectivity index (χ4v) is 3.62. The minimum atomic E-state index is -5.05. The van der Waals surface area contributed by atoms with Gasteiger partial charge in [0.25, 0.3) is 5.76 Å². The molecule has 0 radical (unpaired) electrons. The quantitative estimate of drug-likeness (QED) is 0.144. The molecule has 0 aliphatic rings. The van der Waals surface area contributed by atoms with Crippen LogP contribution in [0.5, 0.6) is 17.2 Å². The molecule has 1 aromatic heterocycles. The summed E-state index contributed by atoms with van der Waals surface area (Å²) in [5.74, 6) is -3.33. The van der Waals surface area contributed by atoms with E-state index in [0.29, 0.717) is 5.92 Å². The number of carbonyl (C=O) groups excluding carboxylic acids is 1. The van der Waals surface area contributed by atoms with Crippen LogP contribution in [0, 0.1) is 0 Å². The maximum Gasteiger partial charge on any atom is 0.453 e. The molecule has 0 spiro atoms. The number of esters is 1. The van der Waals surface area contributed by atoms with Crippen LogP contribution >= 0.6 is 11.6 Å². The third-order valence-electron chi connectivity index (χ3n) is 5.36. The molecular weight excluding hydrogens is 509 g/mol. The van der Waals surface area contributed by atoms with E-state index in [1.807, 2.05) is 24.3 Å². The molecule has 0 saturated heterocycles. The zero-order chi connectivity index (χ0) is 26.7. The number of hydrogen-bond donors (Lipinski definition) is 0. The predicted octanol–water partition coefficient (Wildman–Crippen LogP) is 8.00. The highest BCUT2D eigenvalue weighted by molar-refractivity contribution is 6.32. The van der Waals surface area contributed by atoms with Crippen molar-refractivity contribution in [2.45, 2.75) is 25.9 Å². The first kappa shape index (κ1) is 26.0. The molecule has 0 saturated carbocycles. The third kappa shape index (κ3) is 6.03. The zero-order valence-corrected chi connectivity index (χ0v) is 20.4. The molecule has 0 aliphatic heterocycles. The third-order valence-corrected chi connectivity index (χ3v) is 5.67. The second-order valence-electron chi connectivity index (χ2n) is 8.35. The lowest BCUT2D eigenvalue weighted by Crippen LogP contribution is -2.15. The minimum absolute atomic E-state index is 0.0151. The Labute approximate surface area is 214 Å². The zero-order valence-electron chi connectivity index (χ0n) is 19.6. The molecule has 37 heavy (non-hydrogen) atoms. The Balaban J connectivity index is 1.62. The van der Waals surface area contributed by atoms with Crippen LogP contribution in [0.2, 0.25) is 5.02 Å². The first-order chi connectivity index (χ1) is 17.5. The van der Waals surface area contributed by atoms with Crippen LogP contribution in [0.4, 0.5) is 13.2 Å². The lowest BCUT2D eigenvalue weighted by atomic mass is 10.0. The van der Waals surface area contributed by atoms with Crippen molar-refractivity contribution < 1.29 is 31.9 Å². The lowest BCUT2D eigenvalue weighted by Gasteiger charge is -2.14. The molecule has 0 fully saturated rings. The topological polar surface area (TPSA) is 65.7 Å². The monoisotopic (exact) mass is 528 g/mol. The number of ether oxygens (including phenoxy) is 2. The van der Waals surface area contributed by atoms with Crippen molar-refractivity contribution in [3.8, 4) is 17.2 Å². The summed E-state index contributed by atoms with van der Waals surface area (Å²) in [6, 6.07) is 16.9. The Morgan fingerprint density at radius 2 is 1.73 bits per heavy atom. The van der Waals surface area contributed by atoms with Gasteiger partial charge in [0.2, 0.25) is 11.2 Å². The summed E-state index contributed by atoms with van der Waals surface area (Å²) in [6.45, 7) is 4.14. The summed E-state index contributed by atoms with van der Waals surface area (Å²) in [5.41, 5.74) is 0.432. The Kier molecular flexibility index (Phi) is 7.40. The van der Waals surface area contributed by atoms with Gasteiger partial charge in [-0.15, -0.1) is 0 Å². The van der Waals surface area contributed by atoms with Gasteiger partial charge in [-0.3, -0.25) is 4.79 Å². The smallest absolute Gasteiger partial charge is 0.448 e. The highest BCUT2D eigenvalue weighted by Gasteiger charge is 2.40. The van der Waals surface area contributed by atoms with Gasteiger partial charge in [0.1, 0.15) is 17.1 Å². The molecular formula is C28H20ClF3O5. The normalized spacial score (nSPS) is 11.9. The molecule has 4 aromatic rings. The molecule has 3 aromatic carbocycles. The lowest BCUT2D eigenvalue weighted by molar-refractivity contribution is -0.154. The largest absolute Gasteiger partial charge is 0.453 e. The van der Waals surface area contributed by atoms with Gasteiger partial charge in [0.05, 0.1) is 10.4 Å². The van der Waals surface area contributed by atoms with Crippen molar-refractivity contribution in [1.82, 2.24) is 0 Å². The summed E-state index contributed by atoms with van der Waals surface area (Å²) >= 11 is 5.97. The maximum atomic E-state index is 13.8. The molecule has 0 unspecified atom stereocenters. The number of carbonyl (C=O) groups is 1. The van der Waals surface area contributed by atoms with Crippen molar-refractivity contribution in [3.05, 3.63) is 105 Å². The van der Waals surface area contributed by atoms with E-state index in [4.69, 9.17) is 25.5 Å². The summed E-state index contributed by atoms with van der Waals surface area (Å²) in [4.78, 5) is 25.2. The summed E-state index contributed by atoms with van der Waals surface area (Å²) < 4.78 is 56.7. The standard InChI is InChI=1S/C28H20ClF3O5/c1-16(2)18-10-7-17(8-11-18)9-14-24(33)35-19-12-13-20-23(15-19)37-27(28(30,31)32)26(25(20)34)36-22-6-4-3-5-21(22)29/h3-16H,1-2H3. The Bertz CT molecular complexity index is 1540. The molecule has 4 rings (SSSR count). The summed E-state index contributed by atoms with van der Waals surface area (Å²) in [7, 11) is 0. The average Bonchev–Trinajstić information content (AvgIpc) is 2.85. The minimum Gasteiger partial charge on any atom is -0.448 e. The second kappa shape index (κ2) is 10.5. The van der Waals surface area contributed by atoms with E-state index >= 15 is 0 Å². The molecule has 0 amide bonds. The second-order valence-corrected chi connectivity index (χ2v) is 8.76. The Morgan fingerprint density at radius 1 is 1.03 bits per heavy atom. The maximum absolute atomic E-state index is 13.8. The Hall–Kier alpha value is -4.04. The van der Waals surface area contributed by atoms with Gasteiger partial charge < -0.3 is 13.9 Å². The van der Waals surface area contributed by atoms with E-state index in [-0.39, 0.29) is 21.9 Å². The summed E-state index contributed by atoms with van der Waals surface area (Å²) in [5, 5.41) is -0.183. The number of benzene rings is 3. The van der Waals surface area contributed by atoms with Crippen molar-refractivity contribution in [1.29, 1.82) is 0 Å². The molecule has 9 heteroatoms. The van der Waals surface area contributed by atoms with E-state index in [1.54, 1.807) is 12.1 Å². The first-order valence-corrected chi connectivity index (χ1v) is 11.5. The SMILES string of the molecule is CC(C)c1ccc(C=CC(=O)Oc2ccc3c(=O)c(Oc4ccccc4Cl)c(C(F)(F)F)oc3c2)cc1. The van der Waals surface area contributed by atoms with E-state index in [9.17, 15) is 22.8 Å². The molecule has 0 atom stereocenters. The van der Waals surface area contributed by atoms with Crippen LogP contribution in [0.3, 0.4) is 0 Å². The van der Waals surface area contributed by atoms with Crippen molar-refractivity contribution >= 4 is 34.6 Å². The van der Waals surface area contributed by atoms with Gasteiger partial charge in [-0.1, -0.05) is 61.8 Å². The van der Waals surface area contributed by atoms with Crippen LogP contribution in [0.25, 0.3) is 17.0 Å². The average molecular weight is 529 g/mol. The highest BCUT2D eigenvalue weighted by Crippen LogP contribution is 2.39. The van der Waals surface area contributed by atoms with E-state index in [2.05, 4.69) is 13.8 Å². The van der Waals surface area contributed by atoms with Crippen molar-refractivity contribution in [3.63, 3.8) is 0 Å². The van der Waals surface area contributed by atoms with E-state index in [1.165, 1.54) is 36.4 Å². The van der Waals surface area contributed by atoms with E-state index in [0.717, 1.165) is 17.2 Å². The molecule has 0 aliphatic carbocycles. The number of halogens is 4. The number of para-hydroxylation sites is 1. The highest BCUT2D eigenvalue weighted by atomic mass is 35.5. The fraction of sp³-hybridized carbons (Fsp3) is 0.143. The van der Waals surface area contributed by atoms with Crippen LogP contribution in [-0.4, -0.2) is 5.97 Å². The first-order valence-electron chi connectivity index (χ1n) is 11.1. The van der Waals surface area contributed by atoms with Crippen LogP contribution in [0.1, 0.15) is 36.7 Å². The van der Waals surface area contributed by atoms with Gasteiger partial charge in [0.15, 0.2) is 0 Å². The van der Waals surface area contributed by atoms with E-state index < -0.39 is 34.7 Å². The number of alkyl halides is 3. The molecule has 190 valence electrons. The predicted molar refractivity (Wildman–Crippen MR) is 134 cm³/mol. The van der Waals surface area contributed by atoms with Gasteiger partial charge in [-0.2, -0.15) is 13.2 Å². The Morgan fingerprint density at radius 3 is 2.38 bits per heavy atom. The fourth-order valence-electron chi connectivity index (χ4n) is 3.44. The summed E-state index contributed by atoms with van der Waals surface area (Å²) in [6.07, 6.45) is -2.31. The van der Waals surface area contributed by atoms with Crippen molar-refractivity contribution in [2.75, 3.05) is 0 Å². The van der Waals surface area contributed by atoms with Crippen LogP contribution in [-0.2, 0) is 11.0 Å². The van der Waals surface area contributed by atoms with Gasteiger partial charge in [-0.25, -0.2) is 4.79 Å². The number of rotatable bonds is 6. The van der Waals surface area contributed by atoms with Gasteiger partial charge >= 0.3 is 12.1 Å². The van der Waals surface area contributed by atoms with Gasteiger partial charge in [0, 0.05) is 12.1 Å². The number of hydrogen-bond acceptors (Lipinski definition) is 5. The molecule has 5 nitrogen and oxygen atoms in total. The number of fused-ring (bicyclic) bond motifs is 1. The van der Waals surface area contributed by atoms with Crippen LogP contribution in [0.15, 0.2) is 82.0 Å².